The van der Waals surface area contributed by atoms with Crippen LogP contribution in [0.3, 0.4) is 0 Å². The van der Waals surface area contributed by atoms with E-state index in [4.69, 9.17) is 0 Å². The zero-order valence-electron chi connectivity index (χ0n) is 10.8. The van der Waals surface area contributed by atoms with Crippen LogP contribution in [0.5, 0.6) is 0 Å². The van der Waals surface area contributed by atoms with Crippen molar-refractivity contribution in [2.45, 2.75) is 12.8 Å². The van der Waals surface area contributed by atoms with Gasteiger partial charge in [-0.2, -0.15) is 5.10 Å². The van der Waals surface area contributed by atoms with Gasteiger partial charge in [0, 0.05) is 19.7 Å². The van der Waals surface area contributed by atoms with E-state index in [1.807, 2.05) is 12.1 Å². The Labute approximate surface area is 111 Å². The Morgan fingerprint density at radius 1 is 1.42 bits per heavy atom. The molecule has 0 saturated carbocycles. The first kappa shape index (κ1) is 11.8. The molecule has 1 aliphatic rings. The Morgan fingerprint density at radius 3 is 3.11 bits per heavy atom. The molecule has 1 aliphatic heterocycles. The summed E-state index contributed by atoms with van der Waals surface area (Å²) in [5.74, 6) is 0.591. The molecule has 2 N–H and O–H groups in total. The Morgan fingerprint density at radius 2 is 2.32 bits per heavy atom. The monoisotopic (exact) mass is 256 g/mol. The number of anilines is 2. The molecule has 1 aromatic carbocycles. The lowest BCUT2D eigenvalue weighted by atomic mass is 9.99. The highest BCUT2D eigenvalue weighted by Crippen LogP contribution is 2.26. The van der Waals surface area contributed by atoms with Crippen molar-refractivity contribution in [2.75, 3.05) is 17.2 Å². The summed E-state index contributed by atoms with van der Waals surface area (Å²) in [7, 11) is 1.80. The lowest BCUT2D eigenvalue weighted by Gasteiger charge is -2.20. The number of carbonyl (C=O) groups is 1. The van der Waals surface area contributed by atoms with E-state index in [2.05, 4.69) is 21.8 Å². The van der Waals surface area contributed by atoms with Gasteiger partial charge in [0.1, 0.15) is 5.82 Å². The number of aromatic nitrogens is 2. The topological polar surface area (TPSA) is 59.0 Å². The summed E-state index contributed by atoms with van der Waals surface area (Å²) in [6.07, 6.45) is 3.79. The van der Waals surface area contributed by atoms with Gasteiger partial charge in [0.25, 0.3) is 5.91 Å². The predicted octanol–water partition coefficient (Wildman–Crippen LogP) is 2.03. The molecule has 1 aromatic heterocycles. The summed E-state index contributed by atoms with van der Waals surface area (Å²) in [5.41, 5.74) is 2.87. The van der Waals surface area contributed by atoms with E-state index < -0.39 is 0 Å². The number of para-hydroxylation sites is 1. The third kappa shape index (κ3) is 2.19. The van der Waals surface area contributed by atoms with Gasteiger partial charge in [0.15, 0.2) is 0 Å². The number of fused-ring (bicyclic) bond motifs is 1. The number of aryl methyl sites for hydroxylation is 2. The van der Waals surface area contributed by atoms with Gasteiger partial charge in [-0.1, -0.05) is 12.1 Å². The molecule has 0 aliphatic carbocycles. The SMILES string of the molecule is Cn1nccc1NC(=O)c1cccc2c1NCCC2. The molecular formula is C14H16N4O. The summed E-state index contributed by atoms with van der Waals surface area (Å²) in [6.45, 7) is 0.920. The molecule has 3 rings (SSSR count). The second-order valence-electron chi connectivity index (χ2n) is 4.66. The van der Waals surface area contributed by atoms with E-state index in [0.29, 0.717) is 11.4 Å². The fraction of sp³-hybridized carbons (Fsp3) is 0.286. The van der Waals surface area contributed by atoms with Crippen LogP contribution in [-0.2, 0) is 13.5 Å². The van der Waals surface area contributed by atoms with Gasteiger partial charge >= 0.3 is 0 Å². The van der Waals surface area contributed by atoms with E-state index in [1.165, 1.54) is 5.56 Å². The molecule has 0 saturated heterocycles. The molecule has 0 bridgehead atoms. The van der Waals surface area contributed by atoms with Crippen molar-refractivity contribution in [3.8, 4) is 0 Å². The summed E-state index contributed by atoms with van der Waals surface area (Å²) >= 11 is 0. The molecule has 0 spiro atoms. The smallest absolute Gasteiger partial charge is 0.258 e. The zero-order chi connectivity index (χ0) is 13.2. The minimum absolute atomic E-state index is 0.102. The van der Waals surface area contributed by atoms with Gasteiger partial charge in [0.2, 0.25) is 0 Å². The quantitative estimate of drug-likeness (QED) is 0.864. The number of benzene rings is 1. The van der Waals surface area contributed by atoms with Gasteiger partial charge in [-0.3, -0.25) is 9.48 Å². The average Bonchev–Trinajstić information content (AvgIpc) is 2.83. The number of rotatable bonds is 2. The van der Waals surface area contributed by atoms with E-state index >= 15 is 0 Å². The molecule has 0 radical (unpaired) electrons. The van der Waals surface area contributed by atoms with Crippen molar-refractivity contribution >= 4 is 17.4 Å². The summed E-state index contributed by atoms with van der Waals surface area (Å²) in [5, 5.41) is 10.2. The Balaban J connectivity index is 1.90. The number of hydrogen-bond donors (Lipinski definition) is 2. The van der Waals surface area contributed by atoms with Gasteiger partial charge in [0.05, 0.1) is 17.4 Å². The highest BCUT2D eigenvalue weighted by atomic mass is 16.1. The Hall–Kier alpha value is -2.30. The van der Waals surface area contributed by atoms with Crippen molar-refractivity contribution < 1.29 is 4.79 Å². The standard InChI is InChI=1S/C14H16N4O/c1-18-12(7-9-16-18)17-14(19)11-6-2-4-10-5-3-8-15-13(10)11/h2,4,6-7,9,15H,3,5,8H2,1H3,(H,17,19). The number of hydrogen-bond acceptors (Lipinski definition) is 3. The van der Waals surface area contributed by atoms with E-state index in [9.17, 15) is 4.79 Å². The van der Waals surface area contributed by atoms with Gasteiger partial charge < -0.3 is 10.6 Å². The molecule has 1 amide bonds. The lowest BCUT2D eigenvalue weighted by Crippen LogP contribution is -2.20. The number of carbonyl (C=O) groups excluding carboxylic acids is 1. The highest BCUT2D eigenvalue weighted by Gasteiger charge is 2.17. The van der Waals surface area contributed by atoms with Crippen molar-refractivity contribution in [3.63, 3.8) is 0 Å². The van der Waals surface area contributed by atoms with Gasteiger partial charge in [-0.25, -0.2) is 0 Å². The van der Waals surface area contributed by atoms with E-state index in [1.54, 1.807) is 24.0 Å². The zero-order valence-corrected chi connectivity index (χ0v) is 10.8. The van der Waals surface area contributed by atoms with E-state index in [0.717, 1.165) is 25.1 Å². The first-order chi connectivity index (χ1) is 9.25. The minimum Gasteiger partial charge on any atom is -0.384 e. The van der Waals surface area contributed by atoms with Crippen molar-refractivity contribution in [1.29, 1.82) is 0 Å². The number of amides is 1. The summed E-state index contributed by atoms with van der Waals surface area (Å²) < 4.78 is 1.64. The molecule has 2 aromatic rings. The minimum atomic E-state index is -0.102. The Kier molecular flexibility index (Phi) is 2.95. The third-order valence-corrected chi connectivity index (χ3v) is 3.38. The maximum atomic E-state index is 12.3. The molecule has 0 fully saturated rings. The van der Waals surface area contributed by atoms with Crippen LogP contribution in [0.4, 0.5) is 11.5 Å². The molecule has 19 heavy (non-hydrogen) atoms. The van der Waals surface area contributed by atoms with Crippen molar-refractivity contribution in [1.82, 2.24) is 9.78 Å². The van der Waals surface area contributed by atoms with Crippen LogP contribution in [-0.4, -0.2) is 22.2 Å². The molecule has 0 atom stereocenters. The maximum absolute atomic E-state index is 12.3. The first-order valence-corrected chi connectivity index (χ1v) is 6.41. The Bertz CT molecular complexity index is 618. The molecular weight excluding hydrogens is 240 g/mol. The molecule has 98 valence electrons. The van der Waals surface area contributed by atoms with Crippen LogP contribution in [0.15, 0.2) is 30.5 Å². The molecule has 2 heterocycles. The fourth-order valence-electron chi connectivity index (χ4n) is 2.38. The lowest BCUT2D eigenvalue weighted by molar-refractivity contribution is 0.102. The number of nitrogens with one attached hydrogen (secondary N) is 2. The summed E-state index contributed by atoms with van der Waals surface area (Å²) in [4.78, 5) is 12.3. The van der Waals surface area contributed by atoms with Crippen LogP contribution >= 0.6 is 0 Å². The van der Waals surface area contributed by atoms with Crippen LogP contribution in [0.1, 0.15) is 22.3 Å². The third-order valence-electron chi connectivity index (χ3n) is 3.38. The van der Waals surface area contributed by atoms with Crippen molar-refractivity contribution in [3.05, 3.63) is 41.6 Å². The van der Waals surface area contributed by atoms with Crippen LogP contribution in [0.2, 0.25) is 0 Å². The predicted molar refractivity (Wildman–Crippen MR) is 74.4 cm³/mol. The molecule has 0 unspecified atom stereocenters. The van der Waals surface area contributed by atoms with Crippen LogP contribution < -0.4 is 10.6 Å². The molecule has 5 heteroatoms. The first-order valence-electron chi connectivity index (χ1n) is 6.41. The second kappa shape index (κ2) is 4.76. The number of nitrogens with zero attached hydrogens (tertiary/aromatic N) is 2. The highest BCUT2D eigenvalue weighted by molar-refractivity contribution is 6.08. The average molecular weight is 256 g/mol. The molecule has 5 nitrogen and oxygen atoms in total. The fourth-order valence-corrected chi connectivity index (χ4v) is 2.38. The normalized spacial score (nSPS) is 13.5. The van der Waals surface area contributed by atoms with Gasteiger partial charge in [-0.15, -0.1) is 0 Å². The van der Waals surface area contributed by atoms with Gasteiger partial charge in [-0.05, 0) is 24.5 Å². The summed E-state index contributed by atoms with van der Waals surface area (Å²) in [6, 6.07) is 7.63. The van der Waals surface area contributed by atoms with Crippen molar-refractivity contribution in [2.24, 2.45) is 7.05 Å². The van der Waals surface area contributed by atoms with Crippen LogP contribution in [0, 0.1) is 0 Å². The largest absolute Gasteiger partial charge is 0.384 e. The second-order valence-corrected chi connectivity index (χ2v) is 4.66. The maximum Gasteiger partial charge on any atom is 0.258 e. The van der Waals surface area contributed by atoms with Crippen LogP contribution in [0.25, 0.3) is 0 Å². The van der Waals surface area contributed by atoms with E-state index in [-0.39, 0.29) is 5.91 Å².